The topological polar surface area (TPSA) is 88.2 Å². The highest BCUT2D eigenvalue weighted by Gasteiger charge is 2.68. The molecule has 2 aliphatic rings. The maximum absolute atomic E-state index is 13.6. The highest BCUT2D eigenvalue weighted by atomic mass is 16.6. The molecule has 2 aliphatic heterocycles. The number of rotatable bonds is 6. The molecule has 2 fully saturated rings. The quantitative estimate of drug-likeness (QED) is 0.658. The molecule has 33 heavy (non-hydrogen) atoms. The van der Waals surface area contributed by atoms with E-state index >= 15 is 0 Å². The van der Waals surface area contributed by atoms with Gasteiger partial charge in [-0.2, -0.15) is 0 Å². The van der Waals surface area contributed by atoms with Crippen molar-refractivity contribution in [2.75, 3.05) is 7.11 Å². The fraction of sp³-hybridized carbons (Fsp3) is 0.640. The Kier molecular flexibility index (Phi) is 6.96. The van der Waals surface area contributed by atoms with Crippen LogP contribution in [0.2, 0.25) is 0 Å². The number of hydrogen-bond donors (Lipinski definition) is 1. The molecule has 0 aliphatic carbocycles. The number of methoxy groups -OCH3 is 1. The van der Waals surface area contributed by atoms with Gasteiger partial charge in [0.15, 0.2) is 0 Å². The molecule has 0 saturated carbocycles. The van der Waals surface area contributed by atoms with E-state index in [4.69, 9.17) is 9.47 Å². The first-order chi connectivity index (χ1) is 15.5. The normalized spacial score (nSPS) is 25.6. The van der Waals surface area contributed by atoms with Crippen molar-refractivity contribution in [1.82, 2.24) is 15.1 Å². The molecule has 182 valence electrons. The summed E-state index contributed by atoms with van der Waals surface area (Å²) in [6.45, 7) is 11.6. The van der Waals surface area contributed by atoms with Crippen LogP contribution >= 0.6 is 0 Å². The lowest BCUT2D eigenvalue weighted by atomic mass is 9.76. The molecule has 1 N–H and O–H groups in total. The number of nitrogens with zero attached hydrogens (tertiary/aromatic N) is 2. The van der Waals surface area contributed by atoms with Gasteiger partial charge in [0.25, 0.3) is 5.91 Å². The number of ether oxygens (including phenoxy) is 2. The zero-order valence-corrected chi connectivity index (χ0v) is 20.8. The van der Waals surface area contributed by atoms with Crippen molar-refractivity contribution in [2.24, 2.45) is 0 Å². The predicted octanol–water partition coefficient (Wildman–Crippen LogP) is 3.48. The first-order valence-corrected chi connectivity index (χ1v) is 11.7. The van der Waals surface area contributed by atoms with Crippen molar-refractivity contribution in [3.05, 3.63) is 29.8 Å². The lowest BCUT2D eigenvalue weighted by molar-refractivity contribution is -0.180. The minimum atomic E-state index is -0.939. The summed E-state index contributed by atoms with van der Waals surface area (Å²) in [6.07, 6.45) is 1.32. The monoisotopic (exact) mass is 459 g/mol. The molecule has 3 amide bonds. The largest absolute Gasteiger partial charge is 0.497 e. The smallest absolute Gasteiger partial charge is 0.411 e. The molecule has 3 rings (SSSR count). The molecule has 1 aromatic rings. The van der Waals surface area contributed by atoms with Gasteiger partial charge in [0.1, 0.15) is 22.9 Å². The molecule has 0 aromatic heterocycles. The Morgan fingerprint density at radius 1 is 1.21 bits per heavy atom. The van der Waals surface area contributed by atoms with E-state index in [2.05, 4.69) is 5.32 Å². The second kappa shape index (κ2) is 9.23. The summed E-state index contributed by atoms with van der Waals surface area (Å²) in [6, 6.07) is 6.51. The molecule has 3 unspecified atom stereocenters. The van der Waals surface area contributed by atoms with Crippen LogP contribution < -0.4 is 10.1 Å². The van der Waals surface area contributed by atoms with Gasteiger partial charge < -0.3 is 19.7 Å². The molecule has 1 aromatic carbocycles. The van der Waals surface area contributed by atoms with Crippen LogP contribution in [-0.4, -0.2) is 64.1 Å². The number of benzene rings is 1. The molecule has 2 heterocycles. The third-order valence-electron chi connectivity index (χ3n) is 6.77. The van der Waals surface area contributed by atoms with Gasteiger partial charge >= 0.3 is 6.09 Å². The van der Waals surface area contributed by atoms with Crippen LogP contribution in [0.5, 0.6) is 5.75 Å². The number of β-lactam (4-membered cyclic amide) rings is 1. The Bertz CT molecular complexity index is 894. The third-order valence-corrected chi connectivity index (χ3v) is 6.77. The summed E-state index contributed by atoms with van der Waals surface area (Å²) in [5.74, 6) is 0.386. The minimum Gasteiger partial charge on any atom is -0.497 e. The van der Waals surface area contributed by atoms with Gasteiger partial charge in [0, 0.05) is 12.6 Å². The summed E-state index contributed by atoms with van der Waals surface area (Å²) in [5.41, 5.74) is -0.645. The Morgan fingerprint density at radius 3 is 2.36 bits per heavy atom. The lowest BCUT2D eigenvalue weighted by Crippen LogP contribution is -2.81. The lowest BCUT2D eigenvalue weighted by Gasteiger charge is -2.58. The predicted molar refractivity (Wildman–Crippen MR) is 125 cm³/mol. The van der Waals surface area contributed by atoms with Crippen LogP contribution in [0.1, 0.15) is 66.4 Å². The Hall–Kier alpha value is -2.77. The second-order valence-corrected chi connectivity index (χ2v) is 10.0. The minimum absolute atomic E-state index is 0.0997. The highest BCUT2D eigenvalue weighted by molar-refractivity contribution is 6.00. The Balaban J connectivity index is 1.72. The average Bonchev–Trinajstić information content (AvgIpc) is 3.14. The van der Waals surface area contributed by atoms with E-state index in [-0.39, 0.29) is 23.9 Å². The highest BCUT2D eigenvalue weighted by Crippen LogP contribution is 2.48. The van der Waals surface area contributed by atoms with Crippen LogP contribution in [0.4, 0.5) is 4.79 Å². The first-order valence-electron chi connectivity index (χ1n) is 11.7. The third kappa shape index (κ3) is 4.52. The summed E-state index contributed by atoms with van der Waals surface area (Å²) < 4.78 is 10.8. The molecular formula is C25H37N3O5. The van der Waals surface area contributed by atoms with Crippen LogP contribution in [-0.2, 0) is 20.9 Å². The van der Waals surface area contributed by atoms with E-state index in [0.717, 1.165) is 17.7 Å². The standard InChI is InChI=1S/C25H37N3O5/c1-8-20(21(29)26-15-18-9-11-19(32-7)12-10-18)27-17(3)25(22(27)30)14-13-16(2)28(25)23(31)33-24(4,5)6/h9-12,16-17,20H,8,13-15H2,1-7H3,(H,26,29)/t16?,17?,20-,25?/m0/s1. The fourth-order valence-electron chi connectivity index (χ4n) is 5.06. The molecule has 8 nitrogen and oxygen atoms in total. The van der Waals surface area contributed by atoms with Gasteiger partial charge in [0.2, 0.25) is 5.91 Å². The molecular weight excluding hydrogens is 422 g/mol. The van der Waals surface area contributed by atoms with Crippen LogP contribution in [0.15, 0.2) is 24.3 Å². The maximum atomic E-state index is 13.6. The van der Waals surface area contributed by atoms with E-state index in [0.29, 0.717) is 19.4 Å². The van der Waals surface area contributed by atoms with Crippen molar-refractivity contribution in [3.63, 3.8) is 0 Å². The van der Waals surface area contributed by atoms with E-state index in [1.165, 1.54) is 0 Å². The van der Waals surface area contributed by atoms with Crippen LogP contribution in [0.25, 0.3) is 0 Å². The number of amides is 3. The van der Waals surface area contributed by atoms with Gasteiger partial charge in [-0.15, -0.1) is 0 Å². The van der Waals surface area contributed by atoms with Crippen molar-refractivity contribution in [2.45, 2.75) is 96.6 Å². The van der Waals surface area contributed by atoms with Gasteiger partial charge in [0.05, 0.1) is 13.2 Å². The van der Waals surface area contributed by atoms with E-state index in [1.54, 1.807) is 16.9 Å². The van der Waals surface area contributed by atoms with Gasteiger partial charge in [-0.05, 0) is 71.6 Å². The number of carbonyl (C=O) groups is 3. The second-order valence-electron chi connectivity index (χ2n) is 10.0. The van der Waals surface area contributed by atoms with Crippen molar-refractivity contribution in [3.8, 4) is 5.75 Å². The van der Waals surface area contributed by atoms with Crippen LogP contribution in [0, 0.1) is 0 Å². The average molecular weight is 460 g/mol. The number of carbonyl (C=O) groups excluding carboxylic acids is 3. The van der Waals surface area contributed by atoms with Gasteiger partial charge in [-0.25, -0.2) is 4.79 Å². The maximum Gasteiger partial charge on any atom is 0.411 e. The molecule has 8 heteroatoms. The number of hydrogen-bond acceptors (Lipinski definition) is 5. The SMILES string of the molecule is CC[C@@H](C(=O)NCc1ccc(OC)cc1)N1C(=O)C2(CCC(C)N2C(=O)OC(C)(C)C)C1C. The Morgan fingerprint density at radius 2 is 1.85 bits per heavy atom. The molecule has 4 atom stereocenters. The fourth-order valence-corrected chi connectivity index (χ4v) is 5.06. The zero-order chi connectivity index (χ0) is 24.6. The number of nitrogens with one attached hydrogen (secondary N) is 1. The van der Waals surface area contributed by atoms with Crippen LogP contribution in [0.3, 0.4) is 0 Å². The molecule has 0 bridgehead atoms. The summed E-state index contributed by atoms with van der Waals surface area (Å²) >= 11 is 0. The van der Waals surface area contributed by atoms with Gasteiger partial charge in [-0.3, -0.25) is 14.5 Å². The number of likely N-dealkylation sites (tertiary alicyclic amines) is 2. The van der Waals surface area contributed by atoms with E-state index in [9.17, 15) is 14.4 Å². The summed E-state index contributed by atoms with van der Waals surface area (Å²) in [4.78, 5) is 42.8. The summed E-state index contributed by atoms with van der Waals surface area (Å²) in [7, 11) is 1.61. The zero-order valence-electron chi connectivity index (χ0n) is 20.8. The molecule has 1 spiro atoms. The van der Waals surface area contributed by atoms with Crippen molar-refractivity contribution in [1.29, 1.82) is 0 Å². The van der Waals surface area contributed by atoms with E-state index < -0.39 is 23.3 Å². The van der Waals surface area contributed by atoms with Crippen molar-refractivity contribution >= 4 is 17.9 Å². The molecule has 2 saturated heterocycles. The first kappa shape index (κ1) is 24.9. The van der Waals surface area contributed by atoms with Crippen molar-refractivity contribution < 1.29 is 23.9 Å². The van der Waals surface area contributed by atoms with E-state index in [1.807, 2.05) is 65.8 Å². The summed E-state index contributed by atoms with van der Waals surface area (Å²) in [5, 5.41) is 2.95. The molecule has 0 radical (unpaired) electrons. The van der Waals surface area contributed by atoms with Gasteiger partial charge in [-0.1, -0.05) is 19.1 Å². The Labute approximate surface area is 196 Å².